The van der Waals surface area contributed by atoms with Crippen molar-refractivity contribution in [3.05, 3.63) is 24.0 Å². The fourth-order valence-corrected chi connectivity index (χ4v) is 1.54. The Labute approximate surface area is 116 Å². The van der Waals surface area contributed by atoms with Crippen LogP contribution in [0.2, 0.25) is 0 Å². The van der Waals surface area contributed by atoms with E-state index in [9.17, 15) is 14.4 Å². The number of ether oxygens (including phenoxy) is 1. The van der Waals surface area contributed by atoms with Gasteiger partial charge in [0, 0.05) is 6.42 Å². The van der Waals surface area contributed by atoms with Crippen molar-refractivity contribution in [1.82, 2.24) is 5.32 Å². The lowest BCUT2D eigenvalue weighted by Crippen LogP contribution is -2.48. The Balaban J connectivity index is 2.42. The van der Waals surface area contributed by atoms with Gasteiger partial charge in [-0.3, -0.25) is 9.59 Å². The van der Waals surface area contributed by atoms with Crippen molar-refractivity contribution in [3.8, 4) is 0 Å². The van der Waals surface area contributed by atoms with Crippen LogP contribution in [0.15, 0.2) is 24.0 Å². The van der Waals surface area contributed by atoms with Gasteiger partial charge in [0.25, 0.3) is 0 Å². The minimum Gasteiger partial charge on any atom is -0.481 e. The van der Waals surface area contributed by atoms with Crippen LogP contribution in [0, 0.1) is 0 Å². The summed E-state index contributed by atoms with van der Waals surface area (Å²) in [5.41, 5.74) is 5.39. The Morgan fingerprint density at radius 2 is 2.15 bits per heavy atom. The average molecular weight is 282 g/mol. The highest BCUT2D eigenvalue weighted by Gasteiger charge is 2.23. The summed E-state index contributed by atoms with van der Waals surface area (Å²) in [6, 6.07) is -2.09. The van der Waals surface area contributed by atoms with Gasteiger partial charge in [0.2, 0.25) is 5.91 Å². The number of nitrogens with one attached hydrogen (secondary N) is 1. The fraction of sp³-hybridized carbons (Fsp3) is 0.462. The number of esters is 1. The molecule has 0 aromatic heterocycles. The molecule has 7 heteroatoms. The number of carboxylic acids is 1. The predicted octanol–water partition coefficient (Wildman–Crippen LogP) is 0.0702. The van der Waals surface area contributed by atoms with E-state index in [-0.39, 0.29) is 0 Å². The second-order valence-electron chi connectivity index (χ2n) is 4.44. The maximum absolute atomic E-state index is 11.7. The summed E-state index contributed by atoms with van der Waals surface area (Å²) in [5.74, 6) is -1.95. The van der Waals surface area contributed by atoms with Crippen molar-refractivity contribution in [1.29, 1.82) is 0 Å². The van der Waals surface area contributed by atoms with Crippen LogP contribution in [-0.2, 0) is 19.1 Å². The quantitative estimate of drug-likeness (QED) is 0.468. The van der Waals surface area contributed by atoms with E-state index in [0.29, 0.717) is 18.6 Å². The van der Waals surface area contributed by atoms with E-state index in [1.165, 1.54) is 6.92 Å². The van der Waals surface area contributed by atoms with Crippen molar-refractivity contribution < 1.29 is 24.2 Å². The van der Waals surface area contributed by atoms with E-state index in [0.717, 1.165) is 0 Å². The van der Waals surface area contributed by atoms with Gasteiger partial charge in [-0.25, -0.2) is 4.79 Å². The van der Waals surface area contributed by atoms with Crippen molar-refractivity contribution in [2.45, 2.75) is 38.3 Å². The standard InChI is InChI=1S/C13H18N2O5/c1-8(15-12(18)10(14)7-11(16)17)13(19)20-9-5-3-2-4-6-9/h2-3,6,8,10H,4-5,7,14H2,1H3,(H,15,18)(H,16,17)/t8-,10-/m0/s1. The van der Waals surface area contributed by atoms with E-state index in [2.05, 4.69) is 5.32 Å². The molecule has 0 aromatic rings. The Morgan fingerprint density at radius 3 is 2.70 bits per heavy atom. The van der Waals surface area contributed by atoms with Gasteiger partial charge in [-0.2, -0.15) is 0 Å². The first-order valence-corrected chi connectivity index (χ1v) is 6.23. The molecule has 0 unspecified atom stereocenters. The topological polar surface area (TPSA) is 119 Å². The van der Waals surface area contributed by atoms with Crippen molar-refractivity contribution in [3.63, 3.8) is 0 Å². The largest absolute Gasteiger partial charge is 0.481 e. The molecule has 0 spiro atoms. The van der Waals surface area contributed by atoms with Gasteiger partial charge in [-0.15, -0.1) is 0 Å². The Morgan fingerprint density at radius 1 is 1.45 bits per heavy atom. The van der Waals surface area contributed by atoms with Crippen LogP contribution >= 0.6 is 0 Å². The van der Waals surface area contributed by atoms with Crippen LogP contribution in [-0.4, -0.2) is 35.0 Å². The van der Waals surface area contributed by atoms with Gasteiger partial charge >= 0.3 is 11.9 Å². The second-order valence-corrected chi connectivity index (χ2v) is 4.44. The number of carboxylic acid groups (broad SMARTS) is 1. The molecule has 7 nitrogen and oxygen atoms in total. The van der Waals surface area contributed by atoms with Gasteiger partial charge in [-0.1, -0.05) is 12.2 Å². The summed E-state index contributed by atoms with van der Waals surface area (Å²) in [7, 11) is 0. The number of hydrogen-bond donors (Lipinski definition) is 3. The molecule has 2 atom stereocenters. The lowest BCUT2D eigenvalue weighted by atomic mass is 10.2. The lowest BCUT2D eigenvalue weighted by Gasteiger charge is -2.17. The van der Waals surface area contributed by atoms with E-state index in [4.69, 9.17) is 15.6 Å². The monoisotopic (exact) mass is 282 g/mol. The summed E-state index contributed by atoms with van der Waals surface area (Å²) in [6.07, 6.45) is 6.35. The molecule has 0 heterocycles. The predicted molar refractivity (Wildman–Crippen MR) is 70.4 cm³/mol. The summed E-state index contributed by atoms with van der Waals surface area (Å²) in [6.45, 7) is 1.45. The number of rotatable bonds is 6. The van der Waals surface area contributed by atoms with Crippen molar-refractivity contribution in [2.75, 3.05) is 0 Å². The normalized spacial score (nSPS) is 16.8. The molecular weight excluding hydrogens is 264 g/mol. The van der Waals surface area contributed by atoms with E-state index < -0.39 is 36.4 Å². The molecule has 1 amide bonds. The van der Waals surface area contributed by atoms with Gasteiger partial charge in [0.1, 0.15) is 11.8 Å². The molecule has 0 saturated heterocycles. The Hall–Kier alpha value is -2.15. The number of carbonyl (C=O) groups is 3. The molecule has 0 bridgehead atoms. The third kappa shape index (κ3) is 5.23. The van der Waals surface area contributed by atoms with Crippen LogP contribution in [0.3, 0.4) is 0 Å². The zero-order valence-electron chi connectivity index (χ0n) is 11.2. The molecular formula is C13H18N2O5. The zero-order valence-corrected chi connectivity index (χ0v) is 11.2. The summed E-state index contributed by atoms with van der Waals surface area (Å²) in [5, 5.41) is 10.9. The molecule has 4 N–H and O–H groups in total. The SMILES string of the molecule is C[C@H](NC(=O)[C@@H](N)CC(=O)O)C(=O)OC1=CCC=CC1. The highest BCUT2D eigenvalue weighted by molar-refractivity contribution is 5.89. The van der Waals surface area contributed by atoms with E-state index in [1.807, 2.05) is 12.2 Å². The van der Waals surface area contributed by atoms with Crippen LogP contribution in [0.1, 0.15) is 26.2 Å². The molecule has 1 aliphatic rings. The van der Waals surface area contributed by atoms with Crippen LogP contribution in [0.4, 0.5) is 0 Å². The number of allylic oxidation sites excluding steroid dienone is 3. The highest BCUT2D eigenvalue weighted by atomic mass is 16.5. The summed E-state index contributed by atoms with van der Waals surface area (Å²) in [4.78, 5) is 33.7. The third-order valence-electron chi connectivity index (χ3n) is 2.64. The average Bonchev–Trinajstić information content (AvgIpc) is 2.38. The Bertz CT molecular complexity index is 456. The minimum absolute atomic E-state index is 0.496. The maximum atomic E-state index is 11.7. The van der Waals surface area contributed by atoms with Crippen molar-refractivity contribution in [2.24, 2.45) is 5.73 Å². The van der Waals surface area contributed by atoms with Gasteiger partial charge in [0.15, 0.2) is 0 Å². The fourth-order valence-electron chi connectivity index (χ4n) is 1.54. The van der Waals surface area contributed by atoms with Crippen LogP contribution in [0.25, 0.3) is 0 Å². The highest BCUT2D eigenvalue weighted by Crippen LogP contribution is 2.12. The third-order valence-corrected chi connectivity index (χ3v) is 2.64. The maximum Gasteiger partial charge on any atom is 0.333 e. The number of nitrogens with two attached hydrogens (primary N) is 1. The molecule has 1 aliphatic carbocycles. The van der Waals surface area contributed by atoms with Crippen LogP contribution < -0.4 is 11.1 Å². The van der Waals surface area contributed by atoms with Gasteiger partial charge in [-0.05, 0) is 19.4 Å². The Kier molecular flexibility index (Phi) is 5.92. The second kappa shape index (κ2) is 7.44. The summed E-state index contributed by atoms with van der Waals surface area (Å²) < 4.78 is 5.11. The molecule has 0 aliphatic heterocycles. The molecule has 0 saturated carbocycles. The minimum atomic E-state index is -1.19. The van der Waals surface area contributed by atoms with Gasteiger partial charge in [0.05, 0.1) is 12.5 Å². The first kappa shape index (κ1) is 15.9. The molecule has 1 rings (SSSR count). The van der Waals surface area contributed by atoms with E-state index >= 15 is 0 Å². The molecule has 0 fully saturated rings. The summed E-state index contributed by atoms with van der Waals surface area (Å²) >= 11 is 0. The molecule has 0 aromatic carbocycles. The lowest BCUT2D eigenvalue weighted by molar-refractivity contribution is -0.144. The number of aliphatic carboxylic acids is 1. The zero-order chi connectivity index (χ0) is 15.1. The first-order valence-electron chi connectivity index (χ1n) is 6.23. The van der Waals surface area contributed by atoms with Crippen LogP contribution in [0.5, 0.6) is 0 Å². The van der Waals surface area contributed by atoms with E-state index in [1.54, 1.807) is 6.08 Å². The number of carbonyl (C=O) groups excluding carboxylic acids is 2. The molecule has 20 heavy (non-hydrogen) atoms. The molecule has 0 radical (unpaired) electrons. The molecule has 110 valence electrons. The number of hydrogen-bond acceptors (Lipinski definition) is 5. The van der Waals surface area contributed by atoms with Crippen molar-refractivity contribution >= 4 is 17.8 Å². The van der Waals surface area contributed by atoms with Gasteiger partial charge < -0.3 is 20.9 Å². The number of amides is 1. The smallest absolute Gasteiger partial charge is 0.333 e. The first-order chi connectivity index (χ1) is 9.40.